The van der Waals surface area contributed by atoms with Crippen LogP contribution in [0.3, 0.4) is 0 Å². The van der Waals surface area contributed by atoms with Crippen molar-refractivity contribution in [2.45, 2.75) is 51.1 Å². The third-order valence-corrected chi connectivity index (χ3v) is 5.94. The molecule has 1 saturated heterocycles. The summed E-state index contributed by atoms with van der Waals surface area (Å²) in [5.74, 6) is 0.967. The fraction of sp³-hybridized carbons (Fsp3) is 0.579. The zero-order chi connectivity index (χ0) is 18.0. The second kappa shape index (κ2) is 7.77. The molecule has 25 heavy (non-hydrogen) atoms. The Labute approximate surface area is 152 Å². The molecule has 1 aliphatic carbocycles. The highest BCUT2D eigenvalue weighted by molar-refractivity contribution is 8.00. The van der Waals surface area contributed by atoms with Crippen LogP contribution in [0.1, 0.15) is 38.7 Å². The van der Waals surface area contributed by atoms with Gasteiger partial charge in [0.2, 0.25) is 11.8 Å². The Morgan fingerprint density at radius 2 is 1.96 bits per heavy atom. The van der Waals surface area contributed by atoms with Crippen LogP contribution in [0.4, 0.5) is 4.39 Å². The maximum Gasteiger partial charge on any atom is 0.243 e. The van der Waals surface area contributed by atoms with Crippen LogP contribution in [0.25, 0.3) is 0 Å². The lowest BCUT2D eigenvalue weighted by atomic mass is 10.1. The minimum atomic E-state index is -0.401. The molecule has 0 spiro atoms. The average molecular weight is 364 g/mol. The molecule has 4 nitrogen and oxygen atoms in total. The van der Waals surface area contributed by atoms with E-state index in [0.29, 0.717) is 18.2 Å². The summed E-state index contributed by atoms with van der Waals surface area (Å²) < 4.78 is 13.0. The van der Waals surface area contributed by atoms with Gasteiger partial charge >= 0.3 is 0 Å². The van der Waals surface area contributed by atoms with Crippen LogP contribution in [0.15, 0.2) is 24.3 Å². The zero-order valence-corrected chi connectivity index (χ0v) is 15.5. The first kappa shape index (κ1) is 18.2. The lowest BCUT2D eigenvalue weighted by Crippen LogP contribution is -2.50. The van der Waals surface area contributed by atoms with Crippen LogP contribution in [-0.2, 0) is 16.1 Å². The van der Waals surface area contributed by atoms with Crippen molar-refractivity contribution in [1.29, 1.82) is 0 Å². The third kappa shape index (κ3) is 4.54. The number of carbonyl (C=O) groups is 2. The van der Waals surface area contributed by atoms with Gasteiger partial charge < -0.3 is 10.2 Å². The summed E-state index contributed by atoms with van der Waals surface area (Å²) in [6.45, 7) is 4.63. The molecular weight excluding hydrogens is 339 g/mol. The highest BCUT2D eigenvalue weighted by Gasteiger charge is 2.45. The van der Waals surface area contributed by atoms with E-state index in [9.17, 15) is 14.0 Å². The molecule has 1 aliphatic heterocycles. The van der Waals surface area contributed by atoms with Crippen LogP contribution in [-0.4, -0.2) is 33.9 Å². The smallest absolute Gasteiger partial charge is 0.243 e. The third-order valence-electron chi connectivity index (χ3n) is 4.63. The van der Waals surface area contributed by atoms with Crippen LogP contribution in [0.2, 0.25) is 0 Å². The number of halogens is 1. The van der Waals surface area contributed by atoms with E-state index >= 15 is 0 Å². The van der Waals surface area contributed by atoms with Gasteiger partial charge in [-0.25, -0.2) is 4.39 Å². The molecule has 2 amide bonds. The Kier molecular flexibility index (Phi) is 5.67. The summed E-state index contributed by atoms with van der Waals surface area (Å²) in [4.78, 5) is 27.2. The second-order valence-electron chi connectivity index (χ2n) is 7.30. The van der Waals surface area contributed by atoms with E-state index in [1.807, 2.05) is 4.90 Å². The number of hydrogen-bond acceptors (Lipinski definition) is 3. The van der Waals surface area contributed by atoms with E-state index in [1.165, 1.54) is 12.1 Å². The Morgan fingerprint density at radius 1 is 1.28 bits per heavy atom. The first-order chi connectivity index (χ1) is 12.0. The van der Waals surface area contributed by atoms with Crippen molar-refractivity contribution < 1.29 is 14.0 Å². The highest BCUT2D eigenvalue weighted by Crippen LogP contribution is 2.39. The molecule has 1 N–H and O–H groups in total. The Morgan fingerprint density at radius 3 is 2.56 bits per heavy atom. The molecule has 2 unspecified atom stereocenters. The molecule has 1 heterocycles. The van der Waals surface area contributed by atoms with E-state index in [0.717, 1.165) is 24.8 Å². The van der Waals surface area contributed by atoms with Crippen LogP contribution in [0, 0.1) is 17.7 Å². The summed E-state index contributed by atoms with van der Waals surface area (Å²) in [6.07, 6.45) is 2.79. The number of hydrogen-bond donors (Lipinski definition) is 1. The van der Waals surface area contributed by atoms with Gasteiger partial charge in [0.25, 0.3) is 0 Å². The first-order valence-electron chi connectivity index (χ1n) is 8.91. The average Bonchev–Trinajstić information content (AvgIpc) is 3.34. The molecule has 1 aromatic rings. The lowest BCUT2D eigenvalue weighted by Gasteiger charge is -2.30. The summed E-state index contributed by atoms with van der Waals surface area (Å²) in [5.41, 5.74) is 0.846. The number of thioether (sulfide) groups is 1. The van der Waals surface area contributed by atoms with Crippen LogP contribution >= 0.6 is 11.8 Å². The number of amides is 2. The van der Waals surface area contributed by atoms with Gasteiger partial charge in [0.05, 0.1) is 5.37 Å². The van der Waals surface area contributed by atoms with Crippen molar-refractivity contribution in [2.75, 3.05) is 5.75 Å². The van der Waals surface area contributed by atoms with Crippen molar-refractivity contribution in [1.82, 2.24) is 10.2 Å². The zero-order valence-electron chi connectivity index (χ0n) is 14.7. The summed E-state index contributed by atoms with van der Waals surface area (Å²) in [6, 6.07) is 5.69. The molecule has 2 fully saturated rings. The van der Waals surface area contributed by atoms with Gasteiger partial charge in [-0.1, -0.05) is 26.0 Å². The number of rotatable bonds is 6. The number of carbonyl (C=O) groups excluding carboxylic acids is 2. The first-order valence-corrected chi connectivity index (χ1v) is 9.96. The molecule has 6 heteroatoms. The standard InChI is InChI=1S/C19H25FN2O2S/c1-12(2)9-17-22(19(24)14-5-6-14)16(11-25-17)18(23)21-10-13-3-7-15(20)8-4-13/h3-4,7-8,12,14,16-17H,5-6,9-11H2,1-2H3,(H,21,23). The molecule has 1 saturated carbocycles. The van der Waals surface area contributed by atoms with Gasteiger partial charge in [0.1, 0.15) is 11.9 Å². The van der Waals surface area contributed by atoms with Crippen molar-refractivity contribution in [3.8, 4) is 0 Å². The van der Waals surface area contributed by atoms with Crippen molar-refractivity contribution >= 4 is 23.6 Å². The Hall–Kier alpha value is -1.56. The molecule has 3 rings (SSSR count). The van der Waals surface area contributed by atoms with E-state index in [1.54, 1.807) is 23.9 Å². The second-order valence-corrected chi connectivity index (χ2v) is 8.51. The van der Waals surface area contributed by atoms with Gasteiger partial charge in [-0.05, 0) is 42.9 Å². The van der Waals surface area contributed by atoms with Crippen molar-refractivity contribution in [3.63, 3.8) is 0 Å². The molecule has 1 aromatic carbocycles. The van der Waals surface area contributed by atoms with Crippen LogP contribution < -0.4 is 5.32 Å². The van der Waals surface area contributed by atoms with E-state index in [-0.39, 0.29) is 28.9 Å². The minimum absolute atomic E-state index is 0.0923. The number of nitrogens with one attached hydrogen (secondary N) is 1. The molecule has 0 radical (unpaired) electrons. The fourth-order valence-electron chi connectivity index (χ4n) is 3.10. The quantitative estimate of drug-likeness (QED) is 0.843. The van der Waals surface area contributed by atoms with Crippen molar-refractivity contribution in [3.05, 3.63) is 35.6 Å². The molecule has 0 bridgehead atoms. The Bertz CT molecular complexity index is 631. The van der Waals surface area contributed by atoms with Gasteiger partial charge in [0.15, 0.2) is 0 Å². The SMILES string of the molecule is CC(C)CC1SCC(C(=O)NCc2ccc(F)cc2)N1C(=O)C1CC1. The summed E-state index contributed by atoms with van der Waals surface area (Å²) in [5, 5.41) is 3.00. The predicted octanol–water partition coefficient (Wildman–Crippen LogP) is 3.17. The van der Waals surface area contributed by atoms with E-state index in [4.69, 9.17) is 0 Å². The van der Waals surface area contributed by atoms with Gasteiger partial charge in [-0.3, -0.25) is 9.59 Å². The monoisotopic (exact) mass is 364 g/mol. The topological polar surface area (TPSA) is 49.4 Å². The van der Waals surface area contributed by atoms with Gasteiger partial charge in [0, 0.05) is 18.2 Å². The largest absolute Gasteiger partial charge is 0.350 e. The predicted molar refractivity (Wildman–Crippen MR) is 97.3 cm³/mol. The van der Waals surface area contributed by atoms with E-state index < -0.39 is 6.04 Å². The molecule has 2 atom stereocenters. The molecule has 136 valence electrons. The van der Waals surface area contributed by atoms with Gasteiger partial charge in [-0.15, -0.1) is 11.8 Å². The van der Waals surface area contributed by atoms with E-state index in [2.05, 4.69) is 19.2 Å². The molecule has 2 aliphatic rings. The summed E-state index contributed by atoms with van der Waals surface area (Å²) >= 11 is 1.71. The maximum atomic E-state index is 13.0. The number of nitrogens with zero attached hydrogens (tertiary/aromatic N) is 1. The highest BCUT2D eigenvalue weighted by atomic mass is 32.2. The van der Waals surface area contributed by atoms with Gasteiger partial charge in [-0.2, -0.15) is 0 Å². The van der Waals surface area contributed by atoms with Crippen molar-refractivity contribution in [2.24, 2.45) is 11.8 Å². The maximum absolute atomic E-state index is 13.0. The normalized spacial score (nSPS) is 23.1. The minimum Gasteiger partial charge on any atom is -0.350 e. The molecule has 0 aromatic heterocycles. The summed E-state index contributed by atoms with van der Waals surface area (Å²) in [7, 11) is 0. The molecular formula is C19H25FN2O2S. The number of benzene rings is 1. The Balaban J connectivity index is 1.64. The fourth-order valence-corrected chi connectivity index (χ4v) is 4.75. The lowest BCUT2D eigenvalue weighted by molar-refractivity contribution is -0.141. The van der Waals surface area contributed by atoms with Crippen LogP contribution in [0.5, 0.6) is 0 Å².